The Hall–Kier alpha value is -1.00. The summed E-state index contributed by atoms with van der Waals surface area (Å²) in [6.45, 7) is 2.26. The number of nitrogens with one attached hydrogen (secondary N) is 1. The molecule has 4 heteroatoms. The highest BCUT2D eigenvalue weighted by atomic mass is 19.1. The molecule has 0 bridgehead atoms. The first-order valence-electron chi connectivity index (χ1n) is 7.70. The van der Waals surface area contributed by atoms with Gasteiger partial charge in [0.2, 0.25) is 0 Å². The zero-order chi connectivity index (χ0) is 15.6. The highest BCUT2D eigenvalue weighted by Gasteiger charge is 2.44. The molecular formula is C17H26F2N2. The van der Waals surface area contributed by atoms with Gasteiger partial charge in [-0.3, -0.25) is 0 Å². The lowest BCUT2D eigenvalue weighted by atomic mass is 9.70. The average molecular weight is 296 g/mol. The molecule has 0 heterocycles. The van der Waals surface area contributed by atoms with Crippen LogP contribution in [0.3, 0.4) is 0 Å². The summed E-state index contributed by atoms with van der Waals surface area (Å²) in [6.07, 6.45) is 4.21. The molecule has 1 saturated carbocycles. The summed E-state index contributed by atoms with van der Waals surface area (Å²) >= 11 is 0. The maximum atomic E-state index is 14.2. The molecule has 1 aliphatic carbocycles. The predicted molar refractivity (Wildman–Crippen MR) is 82.2 cm³/mol. The minimum atomic E-state index is -0.385. The number of nitrogens with zero attached hydrogens (tertiary/aromatic N) is 1. The first kappa shape index (κ1) is 16.4. The third kappa shape index (κ3) is 3.11. The van der Waals surface area contributed by atoms with E-state index in [1.807, 2.05) is 21.1 Å². The fourth-order valence-electron chi connectivity index (χ4n) is 3.71. The van der Waals surface area contributed by atoms with Gasteiger partial charge in [-0.15, -0.1) is 0 Å². The first-order valence-corrected chi connectivity index (χ1v) is 7.70. The number of halogens is 2. The van der Waals surface area contributed by atoms with Crippen molar-refractivity contribution in [3.63, 3.8) is 0 Å². The normalized spacial score (nSPS) is 27.9. The topological polar surface area (TPSA) is 15.3 Å². The number of benzene rings is 1. The van der Waals surface area contributed by atoms with Crippen LogP contribution in [-0.4, -0.2) is 31.6 Å². The minimum absolute atomic E-state index is 0.171. The van der Waals surface area contributed by atoms with Crippen molar-refractivity contribution in [3.8, 4) is 0 Å². The van der Waals surface area contributed by atoms with Gasteiger partial charge < -0.3 is 10.2 Å². The van der Waals surface area contributed by atoms with Crippen LogP contribution in [0.25, 0.3) is 0 Å². The highest BCUT2D eigenvalue weighted by Crippen LogP contribution is 2.44. The van der Waals surface area contributed by atoms with Crippen molar-refractivity contribution in [1.82, 2.24) is 10.2 Å². The minimum Gasteiger partial charge on any atom is -0.311 e. The molecule has 1 aliphatic rings. The molecule has 2 rings (SSSR count). The van der Waals surface area contributed by atoms with Crippen LogP contribution in [0.2, 0.25) is 0 Å². The Morgan fingerprint density at radius 2 is 1.86 bits per heavy atom. The molecule has 0 saturated heterocycles. The summed E-state index contributed by atoms with van der Waals surface area (Å²) in [5.41, 5.74) is 0.261. The Morgan fingerprint density at radius 3 is 2.38 bits per heavy atom. The molecule has 2 nitrogen and oxygen atoms in total. The molecule has 0 aliphatic heterocycles. The summed E-state index contributed by atoms with van der Waals surface area (Å²) in [4.78, 5) is 2.18. The van der Waals surface area contributed by atoms with E-state index in [2.05, 4.69) is 17.1 Å². The quantitative estimate of drug-likeness (QED) is 0.910. The maximum absolute atomic E-state index is 14.2. The lowest BCUT2D eigenvalue weighted by molar-refractivity contribution is 0.0442. The SMILES string of the molecule is CNC(c1cc(F)ccc1F)C1(N(C)C)CCC(C)CC1. The fraction of sp³-hybridized carbons (Fsp3) is 0.647. The fourth-order valence-corrected chi connectivity index (χ4v) is 3.71. The Morgan fingerprint density at radius 1 is 1.24 bits per heavy atom. The number of hydrogen-bond donors (Lipinski definition) is 1. The predicted octanol–water partition coefficient (Wildman–Crippen LogP) is 3.74. The smallest absolute Gasteiger partial charge is 0.128 e. The second kappa shape index (κ2) is 6.41. The van der Waals surface area contributed by atoms with Crippen LogP contribution < -0.4 is 5.32 Å². The van der Waals surface area contributed by atoms with Crippen LogP contribution in [0.15, 0.2) is 18.2 Å². The van der Waals surface area contributed by atoms with Crippen molar-refractivity contribution in [2.75, 3.05) is 21.1 Å². The van der Waals surface area contributed by atoms with E-state index in [-0.39, 0.29) is 23.2 Å². The van der Waals surface area contributed by atoms with Crippen molar-refractivity contribution in [1.29, 1.82) is 0 Å². The molecule has 0 amide bonds. The Kier molecular flexibility index (Phi) is 4.99. The molecule has 1 atom stereocenters. The monoisotopic (exact) mass is 296 g/mol. The molecule has 1 N–H and O–H groups in total. The Labute approximate surface area is 126 Å². The van der Waals surface area contributed by atoms with Gasteiger partial charge >= 0.3 is 0 Å². The standard InChI is InChI=1S/C17H26F2N2/c1-12-7-9-17(10-8-12,21(3)4)16(20-2)14-11-13(18)5-6-15(14)19/h5-6,11-12,16,20H,7-10H2,1-4H3. The van der Waals surface area contributed by atoms with Crippen LogP contribution in [0.4, 0.5) is 8.78 Å². The van der Waals surface area contributed by atoms with E-state index in [0.717, 1.165) is 25.7 Å². The van der Waals surface area contributed by atoms with E-state index in [4.69, 9.17) is 0 Å². The zero-order valence-corrected chi connectivity index (χ0v) is 13.4. The van der Waals surface area contributed by atoms with Crippen molar-refractivity contribution in [2.45, 2.75) is 44.2 Å². The van der Waals surface area contributed by atoms with Crippen LogP contribution in [-0.2, 0) is 0 Å². The van der Waals surface area contributed by atoms with E-state index in [1.165, 1.54) is 18.2 Å². The lowest BCUT2D eigenvalue weighted by Gasteiger charge is -2.49. The van der Waals surface area contributed by atoms with Gasteiger partial charge in [0.05, 0.1) is 6.04 Å². The Bertz CT molecular complexity index is 480. The molecule has 0 radical (unpaired) electrons. The number of hydrogen-bond acceptors (Lipinski definition) is 2. The molecule has 0 spiro atoms. The second-order valence-electron chi connectivity index (χ2n) is 6.57. The van der Waals surface area contributed by atoms with Gasteiger partial charge in [0.25, 0.3) is 0 Å². The molecule has 0 aromatic heterocycles. The van der Waals surface area contributed by atoms with E-state index in [1.54, 1.807) is 0 Å². The summed E-state index contributed by atoms with van der Waals surface area (Å²) in [7, 11) is 5.91. The van der Waals surface area contributed by atoms with Crippen molar-refractivity contribution < 1.29 is 8.78 Å². The van der Waals surface area contributed by atoms with Crippen LogP contribution in [0.1, 0.15) is 44.2 Å². The lowest BCUT2D eigenvalue weighted by Crippen LogP contribution is -2.55. The molecule has 21 heavy (non-hydrogen) atoms. The summed E-state index contributed by atoms with van der Waals surface area (Å²) < 4.78 is 27.8. The molecule has 1 aromatic carbocycles. The summed E-state index contributed by atoms with van der Waals surface area (Å²) in [5.74, 6) is -0.0201. The largest absolute Gasteiger partial charge is 0.311 e. The molecule has 1 fully saturated rings. The van der Waals surface area contributed by atoms with Gasteiger partial charge in [-0.25, -0.2) is 8.78 Å². The van der Waals surface area contributed by atoms with E-state index in [0.29, 0.717) is 11.5 Å². The third-order valence-corrected chi connectivity index (χ3v) is 5.13. The Balaban J connectivity index is 2.43. The van der Waals surface area contributed by atoms with E-state index < -0.39 is 0 Å². The van der Waals surface area contributed by atoms with Crippen LogP contribution in [0, 0.1) is 17.6 Å². The summed E-state index contributed by atoms with van der Waals surface area (Å²) in [6, 6.07) is 3.52. The van der Waals surface area contributed by atoms with E-state index in [9.17, 15) is 8.78 Å². The van der Waals surface area contributed by atoms with Gasteiger partial charge in [-0.05, 0) is 70.9 Å². The van der Waals surface area contributed by atoms with Crippen LogP contribution in [0.5, 0.6) is 0 Å². The van der Waals surface area contributed by atoms with E-state index >= 15 is 0 Å². The van der Waals surface area contributed by atoms with Gasteiger partial charge in [0, 0.05) is 11.1 Å². The van der Waals surface area contributed by atoms with Crippen molar-refractivity contribution in [2.24, 2.45) is 5.92 Å². The number of likely N-dealkylation sites (N-methyl/N-ethyl adjacent to an activating group) is 2. The van der Waals surface area contributed by atoms with Gasteiger partial charge in [0.1, 0.15) is 11.6 Å². The second-order valence-corrected chi connectivity index (χ2v) is 6.57. The molecular weight excluding hydrogens is 270 g/mol. The number of rotatable bonds is 4. The molecule has 118 valence electrons. The van der Waals surface area contributed by atoms with Crippen molar-refractivity contribution in [3.05, 3.63) is 35.4 Å². The third-order valence-electron chi connectivity index (χ3n) is 5.13. The van der Waals surface area contributed by atoms with Crippen molar-refractivity contribution >= 4 is 0 Å². The van der Waals surface area contributed by atoms with Gasteiger partial charge in [-0.2, -0.15) is 0 Å². The average Bonchev–Trinajstić information content (AvgIpc) is 2.45. The first-order chi connectivity index (χ1) is 9.90. The molecule has 1 aromatic rings. The summed E-state index contributed by atoms with van der Waals surface area (Å²) in [5, 5.41) is 3.24. The zero-order valence-electron chi connectivity index (χ0n) is 13.4. The maximum Gasteiger partial charge on any atom is 0.128 e. The van der Waals surface area contributed by atoms with Crippen LogP contribution >= 0.6 is 0 Å². The molecule has 1 unspecified atom stereocenters. The van der Waals surface area contributed by atoms with Gasteiger partial charge in [0.15, 0.2) is 0 Å². The van der Waals surface area contributed by atoms with Gasteiger partial charge in [-0.1, -0.05) is 6.92 Å². The highest BCUT2D eigenvalue weighted by molar-refractivity contribution is 5.26.